The maximum absolute atomic E-state index is 13.7. The van der Waals surface area contributed by atoms with Gasteiger partial charge in [-0.25, -0.2) is 9.37 Å². The van der Waals surface area contributed by atoms with Gasteiger partial charge in [0.1, 0.15) is 0 Å². The van der Waals surface area contributed by atoms with E-state index in [2.05, 4.69) is 9.97 Å². The molecule has 1 aliphatic rings. The van der Waals surface area contributed by atoms with E-state index in [1.165, 1.54) is 19.3 Å². The highest BCUT2D eigenvalue weighted by atomic mass is 35.5. The molecule has 17 heavy (non-hydrogen) atoms. The highest BCUT2D eigenvalue weighted by Crippen LogP contribution is 2.27. The van der Waals surface area contributed by atoms with Crippen LogP contribution in [-0.2, 0) is 0 Å². The minimum absolute atomic E-state index is 0.107. The molecule has 0 saturated heterocycles. The number of hydrogen-bond acceptors (Lipinski definition) is 3. The van der Waals surface area contributed by atoms with Crippen molar-refractivity contribution in [3.8, 4) is 0 Å². The minimum atomic E-state index is -0.387. The maximum atomic E-state index is 13.7. The third-order valence-corrected chi connectivity index (χ3v) is 3.51. The van der Waals surface area contributed by atoms with Crippen molar-refractivity contribution in [3.63, 3.8) is 0 Å². The van der Waals surface area contributed by atoms with E-state index in [0.717, 1.165) is 25.6 Å². The van der Waals surface area contributed by atoms with Crippen LogP contribution in [0.4, 0.5) is 10.2 Å². The van der Waals surface area contributed by atoms with Gasteiger partial charge in [0.05, 0.1) is 6.20 Å². The molecule has 1 heterocycles. The van der Waals surface area contributed by atoms with Crippen molar-refractivity contribution in [3.05, 3.63) is 17.3 Å². The van der Waals surface area contributed by atoms with E-state index in [-0.39, 0.29) is 11.1 Å². The minimum Gasteiger partial charge on any atom is -0.351 e. The Morgan fingerprint density at radius 2 is 2.12 bits per heavy atom. The van der Waals surface area contributed by atoms with Gasteiger partial charge in [-0.05, 0) is 31.4 Å². The van der Waals surface area contributed by atoms with E-state index >= 15 is 0 Å². The molecule has 1 aromatic rings. The Hall–Kier alpha value is -0.900. The third-order valence-electron chi connectivity index (χ3n) is 3.32. The van der Waals surface area contributed by atoms with Crippen LogP contribution in [0.25, 0.3) is 0 Å². The summed E-state index contributed by atoms with van der Waals surface area (Å²) in [5, 5.41) is 0.107. The van der Waals surface area contributed by atoms with Gasteiger partial charge in [-0.2, -0.15) is 4.98 Å². The molecule has 1 aromatic heterocycles. The molecular weight excluding hydrogens is 241 g/mol. The number of halogens is 2. The number of nitrogens with zero attached hydrogens (tertiary/aromatic N) is 3. The molecular formula is C12H17ClFN3. The summed E-state index contributed by atoms with van der Waals surface area (Å²) >= 11 is 5.74. The highest BCUT2D eigenvalue weighted by Gasteiger charge is 2.23. The zero-order chi connectivity index (χ0) is 12.3. The van der Waals surface area contributed by atoms with Crippen LogP contribution in [0.2, 0.25) is 5.28 Å². The predicted octanol–water partition coefficient (Wildman–Crippen LogP) is 3.43. The lowest BCUT2D eigenvalue weighted by Gasteiger charge is -2.34. The summed E-state index contributed by atoms with van der Waals surface area (Å²) in [5.74, 6) is -0.0405. The van der Waals surface area contributed by atoms with Gasteiger partial charge in [0.2, 0.25) is 5.28 Å². The van der Waals surface area contributed by atoms with Gasteiger partial charge >= 0.3 is 0 Å². The fourth-order valence-corrected chi connectivity index (χ4v) is 2.64. The third kappa shape index (κ3) is 2.86. The van der Waals surface area contributed by atoms with Crippen LogP contribution in [0.3, 0.4) is 0 Å². The molecule has 0 aromatic carbocycles. The molecule has 1 fully saturated rings. The molecule has 0 N–H and O–H groups in total. The molecule has 0 atom stereocenters. The van der Waals surface area contributed by atoms with Crippen molar-refractivity contribution in [2.24, 2.45) is 0 Å². The zero-order valence-electron chi connectivity index (χ0n) is 9.99. The van der Waals surface area contributed by atoms with Gasteiger partial charge in [-0.15, -0.1) is 0 Å². The summed E-state index contributed by atoms with van der Waals surface area (Å²) < 4.78 is 13.7. The Morgan fingerprint density at radius 3 is 2.76 bits per heavy atom. The average molecular weight is 258 g/mol. The van der Waals surface area contributed by atoms with E-state index in [4.69, 9.17) is 11.6 Å². The van der Waals surface area contributed by atoms with Crippen LogP contribution < -0.4 is 4.90 Å². The van der Waals surface area contributed by atoms with Crippen molar-refractivity contribution in [2.75, 3.05) is 11.4 Å². The highest BCUT2D eigenvalue weighted by molar-refractivity contribution is 6.28. The maximum Gasteiger partial charge on any atom is 0.224 e. The molecule has 0 radical (unpaired) electrons. The SMILES string of the molecule is CCN(c1nc(Cl)ncc1F)C1CCCCC1. The number of hydrogen-bond donors (Lipinski definition) is 0. The molecule has 0 aliphatic heterocycles. The molecule has 5 heteroatoms. The molecule has 94 valence electrons. The van der Waals surface area contributed by atoms with E-state index in [9.17, 15) is 4.39 Å². The quantitative estimate of drug-likeness (QED) is 0.777. The molecule has 0 amide bonds. The van der Waals surface area contributed by atoms with Gasteiger partial charge in [0.15, 0.2) is 11.6 Å². The first-order valence-electron chi connectivity index (χ1n) is 6.17. The Morgan fingerprint density at radius 1 is 1.41 bits per heavy atom. The second-order valence-corrected chi connectivity index (χ2v) is 4.73. The lowest BCUT2D eigenvalue weighted by atomic mass is 9.94. The van der Waals surface area contributed by atoms with Gasteiger partial charge in [-0.1, -0.05) is 19.3 Å². The normalized spacial score (nSPS) is 17.1. The molecule has 0 spiro atoms. The fourth-order valence-electron chi connectivity index (χ4n) is 2.51. The van der Waals surface area contributed by atoms with Crippen molar-refractivity contribution in [2.45, 2.75) is 45.1 Å². The van der Waals surface area contributed by atoms with Crippen LogP contribution in [-0.4, -0.2) is 22.6 Å². The summed E-state index contributed by atoms with van der Waals surface area (Å²) in [5.41, 5.74) is 0. The van der Waals surface area contributed by atoms with Crippen molar-refractivity contribution < 1.29 is 4.39 Å². The number of anilines is 1. The predicted molar refractivity (Wildman–Crippen MR) is 66.9 cm³/mol. The van der Waals surface area contributed by atoms with Crippen molar-refractivity contribution >= 4 is 17.4 Å². The van der Waals surface area contributed by atoms with Gasteiger partial charge in [0.25, 0.3) is 0 Å². The first-order valence-corrected chi connectivity index (χ1v) is 6.55. The average Bonchev–Trinajstić information content (AvgIpc) is 2.36. The van der Waals surface area contributed by atoms with Crippen LogP contribution >= 0.6 is 11.6 Å². The van der Waals surface area contributed by atoms with Crippen molar-refractivity contribution in [1.82, 2.24) is 9.97 Å². The summed E-state index contributed by atoms with van der Waals surface area (Å²) in [6.45, 7) is 2.76. The molecule has 1 aliphatic carbocycles. The summed E-state index contributed by atoms with van der Waals surface area (Å²) in [6, 6.07) is 0.384. The van der Waals surface area contributed by atoms with Crippen molar-refractivity contribution in [1.29, 1.82) is 0 Å². The lowest BCUT2D eigenvalue weighted by molar-refractivity contribution is 0.412. The second kappa shape index (κ2) is 5.63. The smallest absolute Gasteiger partial charge is 0.224 e. The molecule has 3 nitrogen and oxygen atoms in total. The van der Waals surface area contributed by atoms with Gasteiger partial charge in [0, 0.05) is 12.6 Å². The fraction of sp³-hybridized carbons (Fsp3) is 0.667. The van der Waals surface area contributed by atoms with E-state index < -0.39 is 0 Å². The first-order chi connectivity index (χ1) is 8.22. The molecule has 2 rings (SSSR count). The number of aromatic nitrogens is 2. The van der Waals surface area contributed by atoms with Crippen LogP contribution in [0.5, 0.6) is 0 Å². The standard InChI is InChI=1S/C12H17ClFN3/c1-2-17(9-6-4-3-5-7-9)11-10(14)8-15-12(13)16-11/h8-9H,2-7H2,1H3. The van der Waals surface area contributed by atoms with E-state index in [1.807, 2.05) is 11.8 Å². The van der Waals surface area contributed by atoms with Gasteiger partial charge in [-0.3, -0.25) is 0 Å². The molecule has 0 unspecified atom stereocenters. The Bertz CT molecular complexity index is 380. The number of rotatable bonds is 3. The summed E-state index contributed by atoms with van der Waals surface area (Å²) in [7, 11) is 0. The second-order valence-electron chi connectivity index (χ2n) is 4.39. The van der Waals surface area contributed by atoms with Crippen LogP contribution in [0, 0.1) is 5.82 Å². The summed E-state index contributed by atoms with van der Waals surface area (Å²) in [4.78, 5) is 9.69. The summed E-state index contributed by atoms with van der Waals surface area (Å²) in [6.07, 6.45) is 7.06. The molecule has 1 saturated carbocycles. The zero-order valence-corrected chi connectivity index (χ0v) is 10.8. The van der Waals surface area contributed by atoms with Gasteiger partial charge < -0.3 is 4.90 Å². The Kier molecular flexibility index (Phi) is 4.15. The lowest BCUT2D eigenvalue weighted by Crippen LogP contribution is -2.38. The Labute approximate surface area is 106 Å². The monoisotopic (exact) mass is 257 g/mol. The molecule has 0 bridgehead atoms. The van der Waals surface area contributed by atoms with E-state index in [1.54, 1.807) is 0 Å². The van der Waals surface area contributed by atoms with Crippen LogP contribution in [0.15, 0.2) is 6.20 Å². The Balaban J connectivity index is 2.24. The van der Waals surface area contributed by atoms with Crippen LogP contribution in [0.1, 0.15) is 39.0 Å². The topological polar surface area (TPSA) is 29.0 Å². The van der Waals surface area contributed by atoms with E-state index in [0.29, 0.717) is 11.9 Å². The first kappa shape index (κ1) is 12.6. The largest absolute Gasteiger partial charge is 0.351 e.